The first kappa shape index (κ1) is 10.2. The van der Waals surface area contributed by atoms with Gasteiger partial charge in [-0.25, -0.2) is 0 Å². The Hall–Kier alpha value is -1.02. The number of thioether (sulfide) groups is 1. The lowest BCUT2D eigenvalue weighted by molar-refractivity contribution is -0.135. The van der Waals surface area contributed by atoms with Crippen LogP contribution in [0.15, 0.2) is 47.4 Å². The van der Waals surface area contributed by atoms with E-state index in [0.717, 1.165) is 6.42 Å². The number of carbonyl (C=O) groups is 1. The normalized spacial score (nSPS) is 35.9. The third kappa shape index (κ3) is 1.29. The summed E-state index contributed by atoms with van der Waals surface area (Å²) in [5.41, 5.74) is 0. The van der Waals surface area contributed by atoms with E-state index in [1.165, 1.54) is 4.90 Å². The molecule has 0 aliphatic heterocycles. The lowest BCUT2D eigenvalue weighted by Gasteiger charge is -2.47. The minimum absolute atomic E-state index is 0.223. The first-order valence-corrected chi connectivity index (χ1v) is 6.48. The number of hydrogen-bond acceptors (Lipinski definition) is 2. The third-order valence-electron chi connectivity index (χ3n) is 3.70. The summed E-state index contributed by atoms with van der Waals surface area (Å²) < 4.78 is -0.223. The van der Waals surface area contributed by atoms with Gasteiger partial charge in [0.15, 0.2) is 5.78 Å². The maximum absolute atomic E-state index is 12.1. The lowest BCUT2D eigenvalue weighted by Crippen LogP contribution is -2.56. The van der Waals surface area contributed by atoms with Gasteiger partial charge in [-0.15, -0.1) is 11.8 Å². The average Bonchev–Trinajstić information content (AvgIpc) is 2.76. The molecule has 0 amide bonds. The molecule has 0 aromatic heterocycles. The average molecular weight is 230 g/mol. The molecule has 2 aliphatic carbocycles. The van der Waals surface area contributed by atoms with Gasteiger partial charge in [-0.1, -0.05) is 30.4 Å². The number of Topliss-reactive ketones (excluding diaryl/α,β-unsaturated/α-hetero) is 1. The van der Waals surface area contributed by atoms with Gasteiger partial charge >= 0.3 is 0 Å². The van der Waals surface area contributed by atoms with Crippen molar-refractivity contribution in [2.24, 2.45) is 11.8 Å². The second-order valence-electron chi connectivity index (χ2n) is 4.68. The van der Waals surface area contributed by atoms with Crippen LogP contribution in [0.2, 0.25) is 0 Å². The number of fused-ring (bicyclic) bond motifs is 1. The highest BCUT2D eigenvalue weighted by molar-refractivity contribution is 8.01. The zero-order valence-electron chi connectivity index (χ0n) is 9.22. The van der Waals surface area contributed by atoms with E-state index in [-0.39, 0.29) is 10.7 Å². The monoisotopic (exact) mass is 230 g/mol. The van der Waals surface area contributed by atoms with Crippen LogP contribution >= 0.6 is 11.8 Å². The fraction of sp³-hybridized carbons (Fsp3) is 0.357. The number of carbonyl (C=O) groups excluding carboxylic acids is 1. The van der Waals surface area contributed by atoms with Crippen molar-refractivity contribution in [1.29, 1.82) is 0 Å². The maximum atomic E-state index is 12.1. The Bertz CT molecular complexity index is 451. The van der Waals surface area contributed by atoms with E-state index < -0.39 is 0 Å². The zero-order chi connectivity index (χ0) is 11.2. The van der Waals surface area contributed by atoms with Gasteiger partial charge in [-0.2, -0.15) is 0 Å². The number of rotatable bonds is 2. The standard InChI is InChI=1S/C14H14OS/c1-14(16-10-6-3-2-4-7-10)12-9-5-8-11(12)13(14)15/h2-7,9,11-12H,8H2,1H3/t11-,12+,14-/m1/s1. The van der Waals surface area contributed by atoms with E-state index in [0.29, 0.717) is 11.7 Å². The molecule has 0 bridgehead atoms. The fourth-order valence-corrected chi connectivity index (χ4v) is 4.19. The van der Waals surface area contributed by atoms with Gasteiger partial charge in [0.1, 0.15) is 0 Å². The second kappa shape index (κ2) is 3.49. The molecule has 0 N–H and O–H groups in total. The van der Waals surface area contributed by atoms with Crippen molar-refractivity contribution in [2.45, 2.75) is 23.0 Å². The van der Waals surface area contributed by atoms with Gasteiger partial charge < -0.3 is 0 Å². The molecule has 16 heavy (non-hydrogen) atoms. The highest BCUT2D eigenvalue weighted by Crippen LogP contribution is 2.56. The van der Waals surface area contributed by atoms with Crippen LogP contribution in [0.25, 0.3) is 0 Å². The highest BCUT2D eigenvalue weighted by atomic mass is 32.2. The molecule has 82 valence electrons. The summed E-state index contributed by atoms with van der Waals surface area (Å²) in [5, 5.41) is 0. The van der Waals surface area contributed by atoms with Gasteiger partial charge in [0.05, 0.1) is 4.75 Å². The van der Waals surface area contributed by atoms with Gasteiger partial charge in [-0.05, 0) is 25.5 Å². The van der Waals surface area contributed by atoms with Crippen LogP contribution in [0.4, 0.5) is 0 Å². The molecule has 0 radical (unpaired) electrons. The van der Waals surface area contributed by atoms with E-state index in [9.17, 15) is 4.79 Å². The van der Waals surface area contributed by atoms with E-state index in [2.05, 4.69) is 31.2 Å². The number of benzene rings is 1. The topological polar surface area (TPSA) is 17.1 Å². The van der Waals surface area contributed by atoms with Crippen LogP contribution in [0.5, 0.6) is 0 Å². The first-order chi connectivity index (χ1) is 7.72. The van der Waals surface area contributed by atoms with Crippen molar-refractivity contribution >= 4 is 17.5 Å². The Labute approximate surface area is 99.9 Å². The summed E-state index contributed by atoms with van der Waals surface area (Å²) >= 11 is 1.72. The van der Waals surface area contributed by atoms with Crippen molar-refractivity contribution in [1.82, 2.24) is 0 Å². The fourth-order valence-electron chi connectivity index (χ4n) is 2.78. The van der Waals surface area contributed by atoms with Crippen molar-refractivity contribution in [3.05, 3.63) is 42.5 Å². The molecular weight excluding hydrogens is 216 g/mol. The third-order valence-corrected chi connectivity index (χ3v) is 5.11. The Balaban J connectivity index is 1.85. The molecule has 3 atom stereocenters. The van der Waals surface area contributed by atoms with Gasteiger partial charge in [0.2, 0.25) is 0 Å². The summed E-state index contributed by atoms with van der Waals surface area (Å²) in [4.78, 5) is 13.3. The molecule has 3 rings (SSSR count). The summed E-state index contributed by atoms with van der Waals surface area (Å²) in [6.07, 6.45) is 5.33. The molecule has 0 heterocycles. The SMILES string of the molecule is C[C@]1(Sc2ccccc2)C(=O)[C@@H]2CC=C[C@@H]21. The minimum atomic E-state index is -0.223. The molecule has 2 aliphatic rings. The predicted molar refractivity (Wildman–Crippen MR) is 66.4 cm³/mol. The summed E-state index contributed by atoms with van der Waals surface area (Å²) in [7, 11) is 0. The van der Waals surface area contributed by atoms with Crippen LogP contribution < -0.4 is 0 Å². The molecule has 0 saturated heterocycles. The number of allylic oxidation sites excluding steroid dienone is 2. The maximum Gasteiger partial charge on any atom is 0.153 e. The van der Waals surface area contributed by atoms with Crippen LogP contribution in [0.3, 0.4) is 0 Å². The molecular formula is C14H14OS. The Morgan fingerprint density at radius 1 is 1.31 bits per heavy atom. The van der Waals surface area contributed by atoms with Gasteiger partial charge in [0.25, 0.3) is 0 Å². The molecule has 1 fully saturated rings. The van der Waals surface area contributed by atoms with Crippen LogP contribution in [0.1, 0.15) is 13.3 Å². The zero-order valence-corrected chi connectivity index (χ0v) is 10.0. The molecule has 1 saturated carbocycles. The van der Waals surface area contributed by atoms with E-state index >= 15 is 0 Å². The van der Waals surface area contributed by atoms with Crippen LogP contribution in [-0.2, 0) is 4.79 Å². The van der Waals surface area contributed by atoms with Crippen LogP contribution in [-0.4, -0.2) is 10.5 Å². The number of ketones is 1. The van der Waals surface area contributed by atoms with E-state index in [1.54, 1.807) is 11.8 Å². The largest absolute Gasteiger partial charge is 0.298 e. The number of hydrogen-bond donors (Lipinski definition) is 0. The molecule has 1 aromatic rings. The quantitative estimate of drug-likeness (QED) is 0.725. The smallest absolute Gasteiger partial charge is 0.153 e. The molecule has 1 nitrogen and oxygen atoms in total. The van der Waals surface area contributed by atoms with Crippen LogP contribution in [0, 0.1) is 11.8 Å². The van der Waals surface area contributed by atoms with E-state index in [4.69, 9.17) is 0 Å². The lowest BCUT2D eigenvalue weighted by atomic mass is 9.65. The van der Waals surface area contributed by atoms with E-state index in [1.807, 2.05) is 18.2 Å². The Morgan fingerprint density at radius 3 is 2.81 bits per heavy atom. The van der Waals surface area contributed by atoms with Crippen molar-refractivity contribution in [3.8, 4) is 0 Å². The summed E-state index contributed by atoms with van der Waals surface area (Å²) in [6.45, 7) is 2.09. The van der Waals surface area contributed by atoms with Gasteiger partial charge in [-0.3, -0.25) is 4.79 Å². The summed E-state index contributed by atoms with van der Waals surface area (Å²) in [6, 6.07) is 10.2. The highest BCUT2D eigenvalue weighted by Gasteiger charge is 2.59. The second-order valence-corrected chi connectivity index (χ2v) is 6.21. The predicted octanol–water partition coefficient (Wildman–Crippen LogP) is 3.31. The molecule has 1 aromatic carbocycles. The Morgan fingerprint density at radius 2 is 2.06 bits per heavy atom. The molecule has 2 heteroatoms. The Kier molecular flexibility index (Phi) is 2.21. The first-order valence-electron chi connectivity index (χ1n) is 5.67. The molecule has 0 unspecified atom stereocenters. The van der Waals surface area contributed by atoms with Crippen molar-refractivity contribution in [2.75, 3.05) is 0 Å². The summed E-state index contributed by atoms with van der Waals surface area (Å²) in [5.74, 6) is 1.16. The molecule has 0 spiro atoms. The van der Waals surface area contributed by atoms with Crippen molar-refractivity contribution < 1.29 is 4.79 Å². The minimum Gasteiger partial charge on any atom is -0.298 e. The van der Waals surface area contributed by atoms with Crippen molar-refractivity contribution in [3.63, 3.8) is 0 Å². The van der Waals surface area contributed by atoms with Gasteiger partial charge in [0, 0.05) is 16.7 Å².